The van der Waals surface area contributed by atoms with Gasteiger partial charge in [-0.1, -0.05) is 49.2 Å². The molecule has 0 bridgehead atoms. The number of carbonyl (C=O) groups excluding carboxylic acids is 2. The highest BCUT2D eigenvalue weighted by molar-refractivity contribution is 5.94. The predicted octanol–water partition coefficient (Wildman–Crippen LogP) is 4.74. The minimum absolute atomic E-state index is 0.158. The number of hydroxylamine groups is 1. The Bertz CT molecular complexity index is 940. The average molecular weight is 433 g/mol. The molecule has 2 aromatic carbocycles. The lowest BCUT2D eigenvalue weighted by Crippen LogP contribution is -2.24. The van der Waals surface area contributed by atoms with Crippen LogP contribution in [0.4, 0.5) is 17.2 Å². The van der Waals surface area contributed by atoms with Crippen molar-refractivity contribution in [2.45, 2.75) is 32.1 Å². The first kappa shape index (κ1) is 23.0. The van der Waals surface area contributed by atoms with E-state index in [1.54, 1.807) is 17.7 Å². The number of carbonyl (C=O) groups is 2. The summed E-state index contributed by atoms with van der Waals surface area (Å²) in [7, 11) is 0. The summed E-state index contributed by atoms with van der Waals surface area (Å²) < 4.78 is 0. The van der Waals surface area contributed by atoms with Crippen molar-refractivity contribution in [1.82, 2.24) is 15.8 Å². The van der Waals surface area contributed by atoms with Gasteiger partial charge in [0.15, 0.2) is 0 Å². The molecule has 1 aromatic heterocycles. The summed E-state index contributed by atoms with van der Waals surface area (Å²) in [5.74, 6) is 0.202. The molecule has 2 amide bonds. The van der Waals surface area contributed by atoms with E-state index >= 15 is 0 Å². The number of hydrogen-bond donors (Lipinski definition) is 3. The quantitative estimate of drug-likeness (QED) is 0.231. The lowest BCUT2D eigenvalue weighted by atomic mass is 10.1. The normalized spacial score (nSPS) is 10.4. The lowest BCUT2D eigenvalue weighted by Gasteiger charge is -2.24. The average Bonchev–Trinajstić information content (AvgIpc) is 2.85. The highest BCUT2D eigenvalue weighted by atomic mass is 16.5. The number of nitrogens with zero attached hydrogens (tertiary/aromatic N) is 2. The zero-order valence-corrected chi connectivity index (χ0v) is 17.9. The Hall–Kier alpha value is -3.71. The van der Waals surface area contributed by atoms with Gasteiger partial charge in [-0.3, -0.25) is 19.7 Å². The number of nitrogens with one attached hydrogen (secondary N) is 2. The summed E-state index contributed by atoms with van der Waals surface area (Å²) in [6.07, 6.45) is 5.22. The Morgan fingerprint density at radius 1 is 0.812 bits per heavy atom. The summed E-state index contributed by atoms with van der Waals surface area (Å²) in [4.78, 5) is 30.0. The van der Waals surface area contributed by atoms with E-state index in [9.17, 15) is 9.59 Å². The van der Waals surface area contributed by atoms with Crippen molar-refractivity contribution < 1.29 is 14.8 Å². The Morgan fingerprint density at radius 3 is 2.00 bits per heavy atom. The number of anilines is 3. The standard InChI is InChI=1S/C25H28N4O3/c30-24(28-32)15-9-1-2-10-18-26-25(31)20-16-17-23(27-19-20)29(21-11-5-3-6-12-21)22-13-7-4-8-14-22/h3-8,11-14,16-17,19,32H,1-2,9-10,15,18H2,(H,26,31)(H,28,30). The van der Waals surface area contributed by atoms with Gasteiger partial charge in [-0.05, 0) is 49.2 Å². The van der Waals surface area contributed by atoms with E-state index in [-0.39, 0.29) is 11.8 Å². The van der Waals surface area contributed by atoms with Crippen molar-refractivity contribution in [3.63, 3.8) is 0 Å². The molecule has 32 heavy (non-hydrogen) atoms. The maximum absolute atomic E-state index is 12.4. The van der Waals surface area contributed by atoms with Gasteiger partial charge in [-0.25, -0.2) is 10.5 Å². The van der Waals surface area contributed by atoms with Gasteiger partial charge in [0, 0.05) is 30.5 Å². The number of pyridine rings is 1. The van der Waals surface area contributed by atoms with Gasteiger partial charge in [0.2, 0.25) is 5.91 Å². The first-order valence-corrected chi connectivity index (χ1v) is 10.8. The molecule has 3 aromatic rings. The molecule has 166 valence electrons. The van der Waals surface area contributed by atoms with Crippen LogP contribution in [0.3, 0.4) is 0 Å². The van der Waals surface area contributed by atoms with E-state index in [4.69, 9.17) is 5.21 Å². The topological polar surface area (TPSA) is 94.6 Å². The molecule has 0 atom stereocenters. The first-order valence-electron chi connectivity index (χ1n) is 10.8. The van der Waals surface area contributed by atoms with Crippen LogP contribution in [0.1, 0.15) is 42.5 Å². The third-order valence-electron chi connectivity index (χ3n) is 5.01. The minimum atomic E-state index is -0.368. The molecule has 1 heterocycles. The Balaban J connectivity index is 1.56. The second-order valence-electron chi connectivity index (χ2n) is 7.37. The molecule has 0 aliphatic rings. The number of aromatic nitrogens is 1. The van der Waals surface area contributed by atoms with E-state index in [0.29, 0.717) is 24.9 Å². The van der Waals surface area contributed by atoms with Crippen molar-refractivity contribution in [3.05, 3.63) is 84.6 Å². The van der Waals surface area contributed by atoms with E-state index in [1.165, 1.54) is 0 Å². The first-order chi connectivity index (χ1) is 15.7. The van der Waals surface area contributed by atoms with Crippen LogP contribution in [0.15, 0.2) is 79.0 Å². The summed E-state index contributed by atoms with van der Waals surface area (Å²) in [5, 5.41) is 11.4. The van der Waals surface area contributed by atoms with Crippen LogP contribution in [0, 0.1) is 0 Å². The van der Waals surface area contributed by atoms with Gasteiger partial charge in [0.25, 0.3) is 5.91 Å². The second kappa shape index (κ2) is 12.2. The molecule has 0 unspecified atom stereocenters. The molecule has 0 aliphatic carbocycles. The van der Waals surface area contributed by atoms with Crippen LogP contribution >= 0.6 is 0 Å². The van der Waals surface area contributed by atoms with Gasteiger partial charge in [-0.2, -0.15) is 0 Å². The summed E-state index contributed by atoms with van der Waals surface area (Å²) in [5.41, 5.74) is 4.11. The lowest BCUT2D eigenvalue weighted by molar-refractivity contribution is -0.129. The molecular weight excluding hydrogens is 404 g/mol. The van der Waals surface area contributed by atoms with Crippen LogP contribution in [-0.4, -0.2) is 28.6 Å². The summed E-state index contributed by atoms with van der Waals surface area (Å²) >= 11 is 0. The Labute approximate surface area is 188 Å². The fourth-order valence-electron chi connectivity index (χ4n) is 3.34. The number of para-hydroxylation sites is 2. The molecule has 0 fully saturated rings. The fraction of sp³-hybridized carbons (Fsp3) is 0.240. The molecule has 0 aliphatic heterocycles. The molecule has 0 saturated heterocycles. The fourth-order valence-corrected chi connectivity index (χ4v) is 3.34. The molecule has 0 saturated carbocycles. The van der Waals surface area contributed by atoms with Gasteiger partial charge in [-0.15, -0.1) is 0 Å². The van der Waals surface area contributed by atoms with E-state index in [2.05, 4.69) is 10.3 Å². The SMILES string of the molecule is O=C(CCCCCCNC(=O)c1ccc(N(c2ccccc2)c2ccccc2)nc1)NO. The number of benzene rings is 2. The minimum Gasteiger partial charge on any atom is -0.352 e. The monoisotopic (exact) mass is 432 g/mol. The number of amides is 2. The van der Waals surface area contributed by atoms with Crippen molar-refractivity contribution in [1.29, 1.82) is 0 Å². The molecule has 7 nitrogen and oxygen atoms in total. The predicted molar refractivity (Wildman–Crippen MR) is 124 cm³/mol. The highest BCUT2D eigenvalue weighted by Gasteiger charge is 2.14. The summed E-state index contributed by atoms with van der Waals surface area (Å²) in [6, 6.07) is 23.6. The number of unbranched alkanes of at least 4 members (excludes halogenated alkanes) is 3. The van der Waals surface area contributed by atoms with Crippen molar-refractivity contribution >= 4 is 29.0 Å². The molecule has 0 spiro atoms. The maximum Gasteiger partial charge on any atom is 0.252 e. The van der Waals surface area contributed by atoms with Gasteiger partial charge >= 0.3 is 0 Å². The zero-order chi connectivity index (χ0) is 22.6. The van der Waals surface area contributed by atoms with Crippen molar-refractivity contribution in [3.8, 4) is 0 Å². The zero-order valence-electron chi connectivity index (χ0n) is 17.9. The highest BCUT2D eigenvalue weighted by Crippen LogP contribution is 2.32. The smallest absolute Gasteiger partial charge is 0.252 e. The molecule has 0 radical (unpaired) electrons. The van der Waals surface area contributed by atoms with Gasteiger partial charge < -0.3 is 5.32 Å². The third-order valence-corrected chi connectivity index (χ3v) is 5.01. The second-order valence-corrected chi connectivity index (χ2v) is 7.37. The van der Waals surface area contributed by atoms with Crippen LogP contribution in [0.25, 0.3) is 0 Å². The molecule has 3 rings (SSSR count). The Kier molecular flexibility index (Phi) is 8.77. The largest absolute Gasteiger partial charge is 0.352 e. The summed E-state index contributed by atoms with van der Waals surface area (Å²) in [6.45, 7) is 0.562. The van der Waals surface area contributed by atoms with Crippen LogP contribution in [-0.2, 0) is 4.79 Å². The van der Waals surface area contributed by atoms with Crippen molar-refractivity contribution in [2.75, 3.05) is 11.4 Å². The van der Waals surface area contributed by atoms with Crippen LogP contribution < -0.4 is 15.7 Å². The number of rotatable bonds is 11. The molecular formula is C25H28N4O3. The molecule has 7 heteroatoms. The van der Waals surface area contributed by atoms with Crippen molar-refractivity contribution in [2.24, 2.45) is 0 Å². The Morgan fingerprint density at radius 2 is 1.44 bits per heavy atom. The van der Waals surface area contributed by atoms with Crippen LogP contribution in [0.2, 0.25) is 0 Å². The number of hydrogen-bond acceptors (Lipinski definition) is 5. The van der Waals surface area contributed by atoms with Gasteiger partial charge in [0.1, 0.15) is 5.82 Å². The van der Waals surface area contributed by atoms with Crippen LogP contribution in [0.5, 0.6) is 0 Å². The van der Waals surface area contributed by atoms with E-state index in [1.807, 2.05) is 71.6 Å². The maximum atomic E-state index is 12.4. The molecule has 3 N–H and O–H groups in total. The van der Waals surface area contributed by atoms with Gasteiger partial charge in [0.05, 0.1) is 5.56 Å². The third kappa shape index (κ3) is 6.65. The van der Waals surface area contributed by atoms with E-state index in [0.717, 1.165) is 36.5 Å². The van der Waals surface area contributed by atoms with E-state index < -0.39 is 0 Å².